The van der Waals surface area contributed by atoms with E-state index in [-0.39, 0.29) is 17.9 Å². The van der Waals surface area contributed by atoms with Gasteiger partial charge in [-0.05, 0) is 50.8 Å². The summed E-state index contributed by atoms with van der Waals surface area (Å²) >= 11 is 0. The molecule has 1 saturated carbocycles. The Balaban J connectivity index is 1.70. The van der Waals surface area contributed by atoms with Crippen molar-refractivity contribution in [1.29, 1.82) is 0 Å². The third kappa shape index (κ3) is 4.03. The molecule has 2 aliphatic carbocycles. The van der Waals surface area contributed by atoms with E-state index in [1.165, 1.54) is 0 Å². The number of nitrogens with one attached hydrogen (secondary N) is 1. The lowest BCUT2D eigenvalue weighted by atomic mass is 9.87. The van der Waals surface area contributed by atoms with E-state index in [1.54, 1.807) is 11.1 Å². The van der Waals surface area contributed by atoms with E-state index >= 15 is 0 Å². The number of rotatable bonds is 4. The van der Waals surface area contributed by atoms with E-state index in [0.717, 1.165) is 53.9 Å². The van der Waals surface area contributed by atoms with Crippen molar-refractivity contribution >= 4 is 28.8 Å². The number of Topliss-reactive ketones (excluding diaryl/α,β-unsaturated/α-hetero) is 1. The molecular formula is C23H28N4O3. The highest BCUT2D eigenvalue weighted by Crippen LogP contribution is 2.38. The average molecular weight is 409 g/mol. The van der Waals surface area contributed by atoms with E-state index in [0.29, 0.717) is 30.5 Å². The third-order valence-corrected chi connectivity index (χ3v) is 6.04. The highest BCUT2D eigenvalue weighted by molar-refractivity contribution is 6.06. The fourth-order valence-electron chi connectivity index (χ4n) is 4.48. The number of aliphatic hydroxyl groups excluding tert-OH is 1. The number of anilines is 2. The van der Waals surface area contributed by atoms with Crippen LogP contribution in [-0.4, -0.2) is 34.7 Å². The molecule has 0 saturated heterocycles. The minimum Gasteiger partial charge on any atom is -0.393 e. The molecule has 1 amide bonds. The number of aliphatic hydroxyl groups is 1. The average Bonchev–Trinajstić information content (AvgIpc) is 2.69. The second-order valence-corrected chi connectivity index (χ2v) is 8.52. The molecule has 1 aromatic rings. The lowest BCUT2D eigenvalue weighted by molar-refractivity contribution is -0.115. The lowest BCUT2D eigenvalue weighted by Gasteiger charge is -2.33. The molecule has 1 aliphatic heterocycles. The van der Waals surface area contributed by atoms with Gasteiger partial charge in [0.15, 0.2) is 5.78 Å². The van der Waals surface area contributed by atoms with E-state index in [9.17, 15) is 14.7 Å². The number of allylic oxidation sites excluding steroid dienone is 2. The number of primary amides is 1. The quantitative estimate of drug-likeness (QED) is 0.663. The first-order valence-electron chi connectivity index (χ1n) is 10.5. The molecule has 158 valence electrons. The molecular weight excluding hydrogens is 380 g/mol. The molecule has 0 spiro atoms. The van der Waals surface area contributed by atoms with Gasteiger partial charge in [0.1, 0.15) is 0 Å². The fourth-order valence-corrected chi connectivity index (χ4v) is 4.48. The zero-order valence-electron chi connectivity index (χ0n) is 17.3. The maximum Gasteiger partial charge on any atom is 0.250 e. The van der Waals surface area contributed by atoms with Gasteiger partial charge in [0.25, 0.3) is 5.91 Å². The molecule has 0 bridgehead atoms. The molecule has 0 aromatic heterocycles. The number of carbonyl (C=O) groups is 2. The summed E-state index contributed by atoms with van der Waals surface area (Å²) in [4.78, 5) is 24.6. The minimum atomic E-state index is -0.501. The van der Waals surface area contributed by atoms with Crippen molar-refractivity contribution in [3.05, 3.63) is 47.2 Å². The zero-order chi connectivity index (χ0) is 21.4. The molecule has 0 radical (unpaired) electrons. The van der Waals surface area contributed by atoms with Gasteiger partial charge >= 0.3 is 0 Å². The van der Waals surface area contributed by atoms with Crippen molar-refractivity contribution in [3.8, 4) is 0 Å². The Labute approximate surface area is 176 Å². The number of amides is 1. The fraction of sp³-hybridized carbons (Fsp3) is 0.435. The van der Waals surface area contributed by atoms with Gasteiger partial charge in [-0.25, -0.2) is 5.01 Å². The number of ketones is 1. The summed E-state index contributed by atoms with van der Waals surface area (Å²) in [6.07, 6.45) is 4.44. The first kappa shape index (κ1) is 20.3. The Morgan fingerprint density at radius 2 is 1.97 bits per heavy atom. The highest BCUT2D eigenvalue weighted by atomic mass is 16.3. The summed E-state index contributed by atoms with van der Waals surface area (Å²) in [7, 11) is 0. The Bertz CT molecular complexity index is 971. The molecule has 1 aromatic carbocycles. The van der Waals surface area contributed by atoms with Gasteiger partial charge in [0, 0.05) is 42.3 Å². The van der Waals surface area contributed by atoms with Crippen LogP contribution in [0, 0.1) is 0 Å². The molecule has 0 unspecified atom stereocenters. The standard InChI is InChI=1S/C23H28N4O3/c1-13-9-21-19(22(29)10-13)11-14(2)26-27(21)16-5-8-18(23(24)30)20(12-16)25-15-3-6-17(28)7-4-15/h5,8,12,15,17,25,28H,1,3-4,6-7,9-11H2,2H3,(H2,24,30). The summed E-state index contributed by atoms with van der Waals surface area (Å²) in [6.45, 7) is 5.93. The number of benzene rings is 1. The molecule has 1 fully saturated rings. The second-order valence-electron chi connectivity index (χ2n) is 8.52. The van der Waals surface area contributed by atoms with Crippen LogP contribution in [-0.2, 0) is 4.79 Å². The van der Waals surface area contributed by atoms with Crippen LogP contribution in [0.25, 0.3) is 0 Å². The van der Waals surface area contributed by atoms with Crippen LogP contribution in [0.2, 0.25) is 0 Å². The molecule has 7 nitrogen and oxygen atoms in total. The molecule has 4 N–H and O–H groups in total. The van der Waals surface area contributed by atoms with Crippen molar-refractivity contribution < 1.29 is 14.7 Å². The highest BCUT2D eigenvalue weighted by Gasteiger charge is 2.31. The van der Waals surface area contributed by atoms with Crippen LogP contribution in [0.15, 0.2) is 46.7 Å². The van der Waals surface area contributed by atoms with Crippen molar-refractivity contribution in [1.82, 2.24) is 0 Å². The molecule has 30 heavy (non-hydrogen) atoms. The van der Waals surface area contributed by atoms with Gasteiger partial charge in [-0.2, -0.15) is 5.10 Å². The van der Waals surface area contributed by atoms with Gasteiger partial charge in [0.05, 0.1) is 23.1 Å². The van der Waals surface area contributed by atoms with Gasteiger partial charge < -0.3 is 16.2 Å². The normalized spacial score (nSPS) is 24.5. The Hall–Kier alpha value is -2.93. The van der Waals surface area contributed by atoms with Crippen molar-refractivity contribution in [2.45, 2.75) is 64.0 Å². The maximum absolute atomic E-state index is 12.6. The molecule has 7 heteroatoms. The van der Waals surface area contributed by atoms with E-state index in [4.69, 9.17) is 10.8 Å². The van der Waals surface area contributed by atoms with Gasteiger partial charge in [-0.15, -0.1) is 0 Å². The monoisotopic (exact) mass is 408 g/mol. The topological polar surface area (TPSA) is 108 Å². The van der Waals surface area contributed by atoms with Crippen LogP contribution >= 0.6 is 0 Å². The maximum atomic E-state index is 12.6. The van der Waals surface area contributed by atoms with Crippen molar-refractivity contribution in [2.24, 2.45) is 10.8 Å². The SMILES string of the molecule is C=C1CC(=O)C2=C(C1)N(c1ccc(C(N)=O)c(NC3CCC(O)CC3)c1)N=C(C)C2. The number of carbonyl (C=O) groups excluding carboxylic acids is 2. The van der Waals surface area contributed by atoms with Crippen LogP contribution < -0.4 is 16.1 Å². The number of hydrogen-bond acceptors (Lipinski definition) is 6. The summed E-state index contributed by atoms with van der Waals surface area (Å²) in [5.41, 5.74) is 10.9. The van der Waals surface area contributed by atoms with Crippen LogP contribution in [0.3, 0.4) is 0 Å². The van der Waals surface area contributed by atoms with Gasteiger partial charge in [-0.1, -0.05) is 12.2 Å². The first-order valence-corrected chi connectivity index (χ1v) is 10.5. The molecule has 3 aliphatic rings. The van der Waals surface area contributed by atoms with Crippen LogP contribution in [0.4, 0.5) is 11.4 Å². The Morgan fingerprint density at radius 1 is 1.23 bits per heavy atom. The third-order valence-electron chi connectivity index (χ3n) is 6.04. The minimum absolute atomic E-state index is 0.105. The Morgan fingerprint density at radius 3 is 2.67 bits per heavy atom. The number of hydrogen-bond donors (Lipinski definition) is 3. The van der Waals surface area contributed by atoms with Gasteiger partial charge in [0.2, 0.25) is 0 Å². The van der Waals surface area contributed by atoms with E-state index in [2.05, 4.69) is 11.9 Å². The summed E-state index contributed by atoms with van der Waals surface area (Å²) < 4.78 is 0. The van der Waals surface area contributed by atoms with Crippen LogP contribution in [0.1, 0.15) is 62.2 Å². The molecule has 1 heterocycles. The smallest absolute Gasteiger partial charge is 0.250 e. The predicted octanol–water partition coefficient (Wildman–Crippen LogP) is 3.26. The van der Waals surface area contributed by atoms with Crippen molar-refractivity contribution in [3.63, 3.8) is 0 Å². The summed E-state index contributed by atoms with van der Waals surface area (Å²) in [5, 5.41) is 19.7. The van der Waals surface area contributed by atoms with Crippen LogP contribution in [0.5, 0.6) is 0 Å². The van der Waals surface area contributed by atoms with Crippen molar-refractivity contribution in [2.75, 3.05) is 10.3 Å². The largest absolute Gasteiger partial charge is 0.393 e. The molecule has 0 atom stereocenters. The van der Waals surface area contributed by atoms with Gasteiger partial charge in [-0.3, -0.25) is 9.59 Å². The van der Waals surface area contributed by atoms with E-state index < -0.39 is 5.91 Å². The number of nitrogens with zero attached hydrogens (tertiary/aromatic N) is 2. The Kier molecular flexibility index (Phi) is 5.47. The molecule has 4 rings (SSSR count). The number of nitrogens with two attached hydrogens (primary N) is 1. The zero-order valence-corrected chi connectivity index (χ0v) is 17.3. The second kappa shape index (κ2) is 8.07. The van der Waals surface area contributed by atoms with E-state index in [1.807, 2.05) is 19.1 Å². The number of hydrazone groups is 1. The lowest BCUT2D eigenvalue weighted by Crippen LogP contribution is -2.31. The summed E-state index contributed by atoms with van der Waals surface area (Å²) in [6, 6.07) is 5.56. The summed E-state index contributed by atoms with van der Waals surface area (Å²) in [5.74, 6) is -0.396. The predicted molar refractivity (Wildman–Crippen MR) is 117 cm³/mol. The first-order chi connectivity index (χ1) is 14.3.